The molecule has 0 saturated heterocycles. The Kier molecular flexibility index (Phi) is 4.34. The quantitative estimate of drug-likeness (QED) is 0.544. The van der Waals surface area contributed by atoms with Crippen LogP contribution in [0.4, 0.5) is 0 Å². The molecule has 0 aliphatic carbocycles. The maximum atomic E-state index is 10.3. The van der Waals surface area contributed by atoms with E-state index in [4.69, 9.17) is 17.3 Å². The average molecular weight is 141 g/mol. The van der Waals surface area contributed by atoms with Crippen molar-refractivity contribution in [2.75, 3.05) is 6.54 Å². The first-order chi connectivity index (χ1) is 4.72. The average Bonchev–Trinajstić information content (AvgIpc) is 1.87. The molecule has 1 unspecified atom stereocenters. The number of carbonyl (C=O) groups is 1. The van der Waals surface area contributed by atoms with Crippen molar-refractivity contribution in [3.05, 3.63) is 0 Å². The molecule has 10 heavy (non-hydrogen) atoms. The van der Waals surface area contributed by atoms with Crippen molar-refractivity contribution in [2.45, 2.75) is 12.8 Å². The van der Waals surface area contributed by atoms with E-state index in [1.165, 1.54) is 0 Å². The third-order valence-corrected chi connectivity index (χ3v) is 1.23. The van der Waals surface area contributed by atoms with Gasteiger partial charge in [0.15, 0.2) is 0 Å². The second-order valence-corrected chi connectivity index (χ2v) is 2.02. The summed E-state index contributed by atoms with van der Waals surface area (Å²) in [5.41, 5.74) is 5.17. The Morgan fingerprint density at radius 3 is 2.70 bits per heavy atom. The summed E-state index contributed by atoms with van der Waals surface area (Å²) in [6.07, 6.45) is 5.67. The van der Waals surface area contributed by atoms with Crippen LogP contribution in [0, 0.1) is 18.3 Å². The molecule has 3 nitrogen and oxygen atoms in total. The topological polar surface area (TPSA) is 63.3 Å². The van der Waals surface area contributed by atoms with Crippen molar-refractivity contribution < 1.29 is 9.90 Å². The molecule has 56 valence electrons. The maximum Gasteiger partial charge on any atom is 0.307 e. The Hall–Kier alpha value is -1.01. The highest BCUT2D eigenvalue weighted by Crippen LogP contribution is 2.05. The van der Waals surface area contributed by atoms with Gasteiger partial charge >= 0.3 is 5.97 Å². The number of nitrogens with two attached hydrogens (primary N) is 1. The fraction of sp³-hybridized carbons (Fsp3) is 0.571. The molecule has 3 heteroatoms. The van der Waals surface area contributed by atoms with Crippen LogP contribution in [-0.2, 0) is 4.79 Å². The van der Waals surface area contributed by atoms with Crippen LogP contribution < -0.4 is 5.73 Å². The van der Waals surface area contributed by atoms with Gasteiger partial charge in [-0.3, -0.25) is 4.79 Å². The summed E-state index contributed by atoms with van der Waals surface area (Å²) in [5.74, 6) is 0.977. The number of hydrogen-bond acceptors (Lipinski definition) is 2. The Morgan fingerprint density at radius 1 is 1.80 bits per heavy atom. The van der Waals surface area contributed by atoms with E-state index < -0.39 is 11.9 Å². The van der Waals surface area contributed by atoms with E-state index in [0.29, 0.717) is 13.0 Å². The zero-order valence-electron chi connectivity index (χ0n) is 5.71. The lowest BCUT2D eigenvalue weighted by Crippen LogP contribution is -2.17. The highest BCUT2D eigenvalue weighted by Gasteiger charge is 2.13. The summed E-state index contributed by atoms with van der Waals surface area (Å²) in [4.78, 5) is 10.3. The molecule has 0 aromatic carbocycles. The highest BCUT2D eigenvalue weighted by molar-refractivity contribution is 5.70. The summed E-state index contributed by atoms with van der Waals surface area (Å²) in [6, 6.07) is 0. The Bertz CT molecular complexity index is 148. The first-order valence-corrected chi connectivity index (χ1v) is 3.08. The number of carboxylic acids is 1. The van der Waals surface area contributed by atoms with Gasteiger partial charge in [0.05, 0.1) is 5.92 Å². The van der Waals surface area contributed by atoms with Gasteiger partial charge in [-0.05, 0) is 13.0 Å². The van der Waals surface area contributed by atoms with Gasteiger partial charge in [0.25, 0.3) is 0 Å². The smallest absolute Gasteiger partial charge is 0.307 e. The highest BCUT2D eigenvalue weighted by atomic mass is 16.4. The van der Waals surface area contributed by atoms with E-state index in [9.17, 15) is 4.79 Å². The van der Waals surface area contributed by atoms with Crippen molar-refractivity contribution in [1.29, 1.82) is 0 Å². The minimum absolute atomic E-state index is 0.270. The third-order valence-electron chi connectivity index (χ3n) is 1.23. The zero-order chi connectivity index (χ0) is 7.98. The zero-order valence-corrected chi connectivity index (χ0v) is 5.71. The second kappa shape index (κ2) is 4.83. The molecule has 0 heterocycles. The van der Waals surface area contributed by atoms with Crippen LogP contribution in [0.3, 0.4) is 0 Å². The van der Waals surface area contributed by atoms with Gasteiger partial charge in [-0.15, -0.1) is 12.3 Å². The molecule has 0 bridgehead atoms. The minimum Gasteiger partial charge on any atom is -0.481 e. The molecule has 0 aromatic heterocycles. The fourth-order valence-electron chi connectivity index (χ4n) is 0.656. The van der Waals surface area contributed by atoms with E-state index in [0.717, 1.165) is 0 Å². The number of aliphatic carboxylic acids is 1. The van der Waals surface area contributed by atoms with Gasteiger partial charge in [-0.2, -0.15) is 0 Å². The first-order valence-electron chi connectivity index (χ1n) is 3.08. The largest absolute Gasteiger partial charge is 0.481 e. The van der Waals surface area contributed by atoms with Gasteiger partial charge in [0.1, 0.15) is 0 Å². The van der Waals surface area contributed by atoms with Gasteiger partial charge in [-0.1, -0.05) is 0 Å². The SMILES string of the molecule is C#CCC(CCN)C(=O)O. The standard InChI is InChI=1S/C7H11NO2/c1-2-3-6(4-5-8)7(9)10/h1,6H,3-5,8H2,(H,9,10). The van der Waals surface area contributed by atoms with E-state index >= 15 is 0 Å². The maximum absolute atomic E-state index is 10.3. The van der Waals surface area contributed by atoms with E-state index in [1.807, 2.05) is 0 Å². The van der Waals surface area contributed by atoms with Crippen LogP contribution in [0.5, 0.6) is 0 Å². The van der Waals surface area contributed by atoms with Crippen molar-refractivity contribution >= 4 is 5.97 Å². The van der Waals surface area contributed by atoms with Crippen LogP contribution in [0.25, 0.3) is 0 Å². The molecule has 1 atom stereocenters. The summed E-state index contributed by atoms with van der Waals surface area (Å²) >= 11 is 0. The molecular weight excluding hydrogens is 130 g/mol. The van der Waals surface area contributed by atoms with Crippen LogP contribution >= 0.6 is 0 Å². The fourth-order valence-corrected chi connectivity index (χ4v) is 0.656. The van der Waals surface area contributed by atoms with E-state index in [2.05, 4.69) is 5.92 Å². The lowest BCUT2D eigenvalue weighted by atomic mass is 10.0. The molecule has 0 spiro atoms. The summed E-state index contributed by atoms with van der Waals surface area (Å²) < 4.78 is 0. The van der Waals surface area contributed by atoms with Gasteiger partial charge in [0.2, 0.25) is 0 Å². The molecule has 3 N–H and O–H groups in total. The van der Waals surface area contributed by atoms with Crippen molar-refractivity contribution in [3.63, 3.8) is 0 Å². The van der Waals surface area contributed by atoms with Crippen molar-refractivity contribution in [1.82, 2.24) is 0 Å². The van der Waals surface area contributed by atoms with Gasteiger partial charge in [0, 0.05) is 6.42 Å². The van der Waals surface area contributed by atoms with Crippen LogP contribution in [-0.4, -0.2) is 17.6 Å². The summed E-state index contributed by atoms with van der Waals surface area (Å²) in [6.45, 7) is 0.374. The normalized spacial score (nSPS) is 12.0. The van der Waals surface area contributed by atoms with Crippen LogP contribution in [0.15, 0.2) is 0 Å². The summed E-state index contributed by atoms with van der Waals surface area (Å²) in [5, 5.41) is 8.48. The lowest BCUT2D eigenvalue weighted by Gasteiger charge is -2.04. The van der Waals surface area contributed by atoms with Crippen LogP contribution in [0.1, 0.15) is 12.8 Å². The molecule has 0 amide bonds. The molecule has 0 fully saturated rings. The number of hydrogen-bond donors (Lipinski definition) is 2. The van der Waals surface area contributed by atoms with E-state index in [1.54, 1.807) is 0 Å². The molecule has 0 aliphatic heterocycles. The monoisotopic (exact) mass is 141 g/mol. The molecule has 0 aromatic rings. The predicted molar refractivity (Wildman–Crippen MR) is 38.2 cm³/mol. The molecule has 0 radical (unpaired) electrons. The molecular formula is C7H11NO2. The Balaban J connectivity index is 3.75. The molecule has 0 saturated carbocycles. The van der Waals surface area contributed by atoms with Crippen LogP contribution in [0.2, 0.25) is 0 Å². The predicted octanol–water partition coefficient (Wildman–Crippen LogP) is 0.0593. The Morgan fingerprint density at radius 2 is 2.40 bits per heavy atom. The molecule has 0 rings (SSSR count). The van der Waals surface area contributed by atoms with Crippen molar-refractivity contribution in [3.8, 4) is 12.3 Å². The van der Waals surface area contributed by atoms with E-state index in [-0.39, 0.29) is 6.42 Å². The van der Waals surface area contributed by atoms with Gasteiger partial charge < -0.3 is 10.8 Å². The number of terminal acetylenes is 1. The number of carboxylic acid groups (broad SMARTS) is 1. The molecule has 0 aliphatic rings. The number of rotatable bonds is 4. The second-order valence-electron chi connectivity index (χ2n) is 2.02. The minimum atomic E-state index is -0.858. The Labute approximate surface area is 60.2 Å². The van der Waals surface area contributed by atoms with Crippen molar-refractivity contribution in [2.24, 2.45) is 11.7 Å². The third kappa shape index (κ3) is 3.10. The van der Waals surface area contributed by atoms with Gasteiger partial charge in [-0.25, -0.2) is 0 Å². The summed E-state index contributed by atoms with van der Waals surface area (Å²) in [7, 11) is 0. The lowest BCUT2D eigenvalue weighted by molar-refractivity contribution is -0.141. The first kappa shape index (κ1) is 8.99.